The molecule has 2 rings (SSSR count). The van der Waals surface area contributed by atoms with Gasteiger partial charge in [0.15, 0.2) is 5.78 Å². The molecule has 0 saturated carbocycles. The average molecular weight is 359 g/mol. The number of nitrogens with zero attached hydrogens (tertiary/aromatic N) is 2. The number of thioether (sulfide) groups is 1. The first kappa shape index (κ1) is 17.0. The van der Waals surface area contributed by atoms with Crippen molar-refractivity contribution in [1.29, 1.82) is 0 Å². The second kappa shape index (κ2) is 8.31. The summed E-state index contributed by atoms with van der Waals surface area (Å²) in [6.45, 7) is 0.240. The zero-order valence-electron chi connectivity index (χ0n) is 11.4. The molecule has 0 amide bonds. The molecule has 0 aliphatic heterocycles. The van der Waals surface area contributed by atoms with Crippen LogP contribution in [0.25, 0.3) is 0 Å². The topological polar surface area (TPSA) is 69.2 Å². The van der Waals surface area contributed by atoms with E-state index in [0.29, 0.717) is 32.7 Å². The number of rotatable bonds is 6. The molecule has 0 unspecified atom stereocenters. The second-order valence-corrected chi connectivity index (χ2v) is 6.31. The van der Waals surface area contributed by atoms with Gasteiger partial charge in [-0.1, -0.05) is 23.2 Å². The Balaban J connectivity index is 1.71. The van der Waals surface area contributed by atoms with Gasteiger partial charge in [-0.15, -0.1) is 0 Å². The maximum atomic E-state index is 11.7. The van der Waals surface area contributed by atoms with Crippen LogP contribution in [0.4, 0.5) is 0 Å². The summed E-state index contributed by atoms with van der Waals surface area (Å²) in [7, 11) is 0. The molecule has 0 atom stereocenters. The first-order valence-electron chi connectivity index (χ1n) is 6.35. The summed E-state index contributed by atoms with van der Waals surface area (Å²) in [6.07, 6.45) is 5.87. The standard InChI is InChI=1S/C14H12Cl2N2O3S/c15-11-3-9(13(19)4-12(11)16)7-22-2-1-21-14(20)10-5-17-8-18-6-10/h3,5-6,8H,1-2,4,7H2. The largest absolute Gasteiger partial charge is 0.461 e. The fourth-order valence-corrected chi connectivity index (χ4v) is 2.82. The Hall–Kier alpha value is -1.37. The van der Waals surface area contributed by atoms with Crippen molar-refractivity contribution in [2.75, 3.05) is 18.1 Å². The Bertz CT molecular complexity index is 632. The molecular weight excluding hydrogens is 347 g/mol. The first-order valence-corrected chi connectivity index (χ1v) is 8.27. The van der Waals surface area contributed by atoms with Crippen LogP contribution in [-0.4, -0.2) is 39.8 Å². The summed E-state index contributed by atoms with van der Waals surface area (Å²) in [4.78, 5) is 30.9. The quantitative estimate of drug-likeness (QED) is 0.575. The number of esters is 1. The number of aromatic nitrogens is 2. The molecule has 0 saturated heterocycles. The highest BCUT2D eigenvalue weighted by molar-refractivity contribution is 7.99. The molecule has 0 N–H and O–H groups in total. The van der Waals surface area contributed by atoms with E-state index in [0.717, 1.165) is 0 Å². The Kier molecular flexibility index (Phi) is 6.42. The summed E-state index contributed by atoms with van der Waals surface area (Å²) in [6, 6.07) is 0. The molecule has 5 nitrogen and oxygen atoms in total. The summed E-state index contributed by atoms with van der Waals surface area (Å²) in [5.74, 6) is 0.580. The third-order valence-corrected chi connectivity index (χ3v) is 4.49. The molecule has 0 aromatic carbocycles. The van der Waals surface area contributed by atoms with Gasteiger partial charge in [0.05, 0.1) is 10.6 Å². The monoisotopic (exact) mass is 358 g/mol. The molecule has 1 aromatic rings. The van der Waals surface area contributed by atoms with Crippen molar-refractivity contribution in [2.24, 2.45) is 0 Å². The lowest BCUT2D eigenvalue weighted by atomic mass is 10.1. The Morgan fingerprint density at radius 1 is 1.32 bits per heavy atom. The van der Waals surface area contributed by atoms with Crippen molar-refractivity contribution in [3.8, 4) is 0 Å². The van der Waals surface area contributed by atoms with E-state index in [1.54, 1.807) is 6.08 Å². The van der Waals surface area contributed by atoms with Gasteiger partial charge >= 0.3 is 5.97 Å². The third kappa shape index (κ3) is 4.83. The Morgan fingerprint density at radius 3 is 2.77 bits per heavy atom. The van der Waals surface area contributed by atoms with E-state index < -0.39 is 5.97 Å². The lowest BCUT2D eigenvalue weighted by Gasteiger charge is -2.12. The van der Waals surface area contributed by atoms with Gasteiger partial charge in [-0.05, 0) is 6.08 Å². The highest BCUT2D eigenvalue weighted by atomic mass is 35.5. The van der Waals surface area contributed by atoms with Gasteiger partial charge in [0.1, 0.15) is 12.9 Å². The molecule has 0 spiro atoms. The zero-order valence-corrected chi connectivity index (χ0v) is 13.7. The number of carbonyl (C=O) groups is 2. The van der Waals surface area contributed by atoms with Crippen LogP contribution in [0, 0.1) is 0 Å². The molecule has 0 bridgehead atoms. The number of carbonyl (C=O) groups excluding carboxylic acids is 2. The van der Waals surface area contributed by atoms with Crippen molar-refractivity contribution in [1.82, 2.24) is 9.97 Å². The fourth-order valence-electron chi connectivity index (χ4n) is 1.64. The molecule has 1 heterocycles. The summed E-state index contributed by atoms with van der Waals surface area (Å²) >= 11 is 13.2. The minimum atomic E-state index is -0.466. The van der Waals surface area contributed by atoms with Crippen molar-refractivity contribution in [2.45, 2.75) is 6.42 Å². The number of allylic oxidation sites excluding steroid dienone is 3. The first-order chi connectivity index (χ1) is 10.6. The summed E-state index contributed by atoms with van der Waals surface area (Å²) in [5.41, 5.74) is 0.936. The van der Waals surface area contributed by atoms with Gasteiger partial charge in [0.2, 0.25) is 0 Å². The number of hydrogen-bond donors (Lipinski definition) is 0. The van der Waals surface area contributed by atoms with E-state index in [1.165, 1.54) is 30.5 Å². The van der Waals surface area contributed by atoms with Crippen LogP contribution in [0.3, 0.4) is 0 Å². The van der Waals surface area contributed by atoms with E-state index in [2.05, 4.69) is 9.97 Å². The lowest BCUT2D eigenvalue weighted by Crippen LogP contribution is -2.11. The van der Waals surface area contributed by atoms with Crippen LogP contribution in [-0.2, 0) is 9.53 Å². The van der Waals surface area contributed by atoms with Gasteiger partial charge in [-0.3, -0.25) is 4.79 Å². The van der Waals surface area contributed by atoms with Gasteiger partial charge in [0.25, 0.3) is 0 Å². The van der Waals surface area contributed by atoms with Crippen molar-refractivity contribution in [3.63, 3.8) is 0 Å². The van der Waals surface area contributed by atoms with E-state index in [-0.39, 0.29) is 18.8 Å². The molecule has 116 valence electrons. The van der Waals surface area contributed by atoms with Crippen LogP contribution in [0.1, 0.15) is 16.8 Å². The van der Waals surface area contributed by atoms with Crippen molar-refractivity contribution in [3.05, 3.63) is 46.0 Å². The number of hydrogen-bond acceptors (Lipinski definition) is 6. The minimum Gasteiger partial charge on any atom is -0.461 e. The molecule has 1 aliphatic carbocycles. The normalized spacial score (nSPS) is 14.8. The highest BCUT2D eigenvalue weighted by Crippen LogP contribution is 2.28. The minimum absolute atomic E-state index is 0.0275. The maximum Gasteiger partial charge on any atom is 0.341 e. The Morgan fingerprint density at radius 2 is 2.05 bits per heavy atom. The summed E-state index contributed by atoms with van der Waals surface area (Å²) < 4.78 is 5.08. The van der Waals surface area contributed by atoms with Crippen molar-refractivity contribution >= 4 is 46.7 Å². The zero-order chi connectivity index (χ0) is 15.9. The van der Waals surface area contributed by atoms with Crippen molar-refractivity contribution < 1.29 is 14.3 Å². The predicted octanol–water partition coefficient (Wildman–Crippen LogP) is 2.96. The molecular formula is C14H12Cl2N2O3S. The summed E-state index contributed by atoms with van der Waals surface area (Å²) in [5, 5.41) is 0.784. The molecule has 1 aliphatic rings. The number of ketones is 1. The maximum absolute atomic E-state index is 11.7. The third-order valence-electron chi connectivity index (χ3n) is 2.75. The van der Waals surface area contributed by atoms with E-state index >= 15 is 0 Å². The van der Waals surface area contributed by atoms with Crippen LogP contribution in [0.2, 0.25) is 0 Å². The molecule has 0 radical (unpaired) electrons. The van der Waals surface area contributed by atoms with Gasteiger partial charge in [0, 0.05) is 40.9 Å². The lowest BCUT2D eigenvalue weighted by molar-refractivity contribution is -0.114. The van der Waals surface area contributed by atoms with Gasteiger partial charge in [-0.2, -0.15) is 11.8 Å². The van der Waals surface area contributed by atoms with Crippen LogP contribution < -0.4 is 0 Å². The fraction of sp³-hybridized carbons (Fsp3) is 0.286. The van der Waals surface area contributed by atoms with Crippen LogP contribution >= 0.6 is 35.0 Å². The highest BCUT2D eigenvalue weighted by Gasteiger charge is 2.18. The number of Topliss-reactive ketones (excluding diaryl/α,β-unsaturated/α-hetero) is 1. The second-order valence-electron chi connectivity index (χ2n) is 4.34. The van der Waals surface area contributed by atoms with E-state index in [9.17, 15) is 9.59 Å². The average Bonchev–Trinajstić information content (AvgIpc) is 2.52. The molecule has 0 fully saturated rings. The van der Waals surface area contributed by atoms with E-state index in [4.69, 9.17) is 27.9 Å². The molecule has 22 heavy (non-hydrogen) atoms. The van der Waals surface area contributed by atoms with Gasteiger partial charge < -0.3 is 4.74 Å². The SMILES string of the molecule is O=C1CC(Cl)=C(Cl)C=C1CSCCOC(=O)c1cncnc1. The molecule has 1 aromatic heterocycles. The van der Waals surface area contributed by atoms with E-state index in [1.807, 2.05) is 0 Å². The number of ether oxygens (including phenoxy) is 1. The van der Waals surface area contributed by atoms with Crippen LogP contribution in [0.5, 0.6) is 0 Å². The van der Waals surface area contributed by atoms with Gasteiger partial charge in [-0.25, -0.2) is 14.8 Å². The van der Waals surface area contributed by atoms with Crippen LogP contribution in [0.15, 0.2) is 40.4 Å². The number of halogens is 2. The predicted molar refractivity (Wildman–Crippen MR) is 86.1 cm³/mol. The smallest absolute Gasteiger partial charge is 0.341 e. The molecule has 8 heteroatoms. The Labute approximate surface area is 141 Å².